The third kappa shape index (κ3) is 3.58. The molecule has 22 heavy (non-hydrogen) atoms. The van der Waals surface area contributed by atoms with E-state index in [0.29, 0.717) is 12.5 Å². The molecule has 0 aromatic heterocycles. The van der Waals surface area contributed by atoms with E-state index in [1.807, 2.05) is 0 Å². The Hall–Kier alpha value is -1.62. The van der Waals surface area contributed by atoms with Gasteiger partial charge in [-0.3, -0.25) is 9.59 Å². The summed E-state index contributed by atoms with van der Waals surface area (Å²) in [6, 6.07) is 4.36. The summed E-state index contributed by atoms with van der Waals surface area (Å²) in [6.07, 6.45) is 2.65. The molecule has 1 aromatic rings. The highest BCUT2D eigenvalue weighted by molar-refractivity contribution is 6.30. The number of carbonyl (C=O) groups excluding carboxylic acids is 2. The van der Waals surface area contributed by atoms with Crippen LogP contribution < -0.4 is 5.32 Å². The largest absolute Gasteiger partial charge is 0.352 e. The summed E-state index contributed by atoms with van der Waals surface area (Å²) in [5, 5.41) is 2.84. The Morgan fingerprint density at radius 2 is 2.18 bits per heavy atom. The van der Waals surface area contributed by atoms with Crippen molar-refractivity contribution >= 4 is 23.4 Å². The van der Waals surface area contributed by atoms with Gasteiger partial charge in [-0.15, -0.1) is 0 Å². The van der Waals surface area contributed by atoms with E-state index in [2.05, 4.69) is 5.32 Å². The van der Waals surface area contributed by atoms with Crippen LogP contribution in [-0.4, -0.2) is 29.8 Å². The highest BCUT2D eigenvalue weighted by Crippen LogP contribution is 2.32. The van der Waals surface area contributed by atoms with E-state index < -0.39 is 5.82 Å². The minimum Gasteiger partial charge on any atom is -0.352 e. The van der Waals surface area contributed by atoms with E-state index in [1.54, 1.807) is 11.0 Å². The normalized spacial score (nSPS) is 21.3. The quantitative estimate of drug-likeness (QED) is 0.904. The smallest absolute Gasteiger partial charge is 0.225 e. The second kappa shape index (κ2) is 6.24. The van der Waals surface area contributed by atoms with E-state index in [0.717, 1.165) is 12.1 Å². The standard InChI is InChI=1S/C16H18ClFN2O2/c17-13-5-11(3-4-14(13)18)7-19-16(22)12-6-15(21)20(9-12)8-10-1-2-10/h3-5,10,12H,1-2,6-9H2,(H,19,22)/t12-/m1/s1. The molecule has 0 spiro atoms. The topological polar surface area (TPSA) is 49.4 Å². The molecule has 1 aliphatic carbocycles. The van der Waals surface area contributed by atoms with Crippen LogP contribution in [-0.2, 0) is 16.1 Å². The van der Waals surface area contributed by atoms with E-state index in [4.69, 9.17) is 11.6 Å². The minimum atomic E-state index is -0.478. The Labute approximate surface area is 133 Å². The molecule has 0 radical (unpaired) electrons. The first kappa shape index (κ1) is 15.3. The maximum Gasteiger partial charge on any atom is 0.225 e. The van der Waals surface area contributed by atoms with Crippen LogP contribution >= 0.6 is 11.6 Å². The SMILES string of the molecule is O=C(NCc1ccc(F)c(Cl)c1)[C@@H]1CC(=O)N(CC2CC2)C1. The zero-order chi connectivity index (χ0) is 15.7. The molecule has 6 heteroatoms. The molecule has 1 aromatic carbocycles. The number of halogens is 2. The van der Waals surface area contributed by atoms with Gasteiger partial charge in [-0.2, -0.15) is 0 Å². The van der Waals surface area contributed by atoms with Gasteiger partial charge in [-0.1, -0.05) is 17.7 Å². The molecule has 2 fully saturated rings. The zero-order valence-electron chi connectivity index (χ0n) is 12.1. The van der Waals surface area contributed by atoms with Crippen molar-refractivity contribution in [3.05, 3.63) is 34.6 Å². The summed E-state index contributed by atoms with van der Waals surface area (Å²) in [5.41, 5.74) is 0.735. The van der Waals surface area contributed by atoms with Gasteiger partial charge in [0.05, 0.1) is 10.9 Å². The molecular formula is C16H18ClFN2O2. The van der Waals surface area contributed by atoms with Crippen LogP contribution in [0.25, 0.3) is 0 Å². The Balaban J connectivity index is 1.51. The lowest BCUT2D eigenvalue weighted by Crippen LogP contribution is -2.33. The van der Waals surface area contributed by atoms with Crippen LogP contribution in [0.3, 0.4) is 0 Å². The lowest BCUT2D eigenvalue weighted by Gasteiger charge is -2.16. The Kier molecular flexibility index (Phi) is 4.34. The summed E-state index contributed by atoms with van der Waals surface area (Å²) >= 11 is 5.71. The molecule has 1 heterocycles. The Morgan fingerprint density at radius 3 is 2.86 bits per heavy atom. The van der Waals surface area contributed by atoms with Crippen molar-refractivity contribution in [2.45, 2.75) is 25.8 Å². The molecule has 1 N–H and O–H groups in total. The highest BCUT2D eigenvalue weighted by atomic mass is 35.5. The lowest BCUT2D eigenvalue weighted by molar-refractivity contribution is -0.129. The fourth-order valence-corrected chi connectivity index (χ4v) is 2.92. The van der Waals surface area contributed by atoms with Gasteiger partial charge >= 0.3 is 0 Å². The van der Waals surface area contributed by atoms with Gasteiger partial charge in [0.25, 0.3) is 0 Å². The molecule has 1 atom stereocenters. The lowest BCUT2D eigenvalue weighted by atomic mass is 10.1. The maximum absolute atomic E-state index is 13.1. The molecule has 1 aliphatic heterocycles. The van der Waals surface area contributed by atoms with Gasteiger partial charge in [0.15, 0.2) is 0 Å². The third-order valence-corrected chi connectivity index (χ3v) is 4.50. The summed E-state index contributed by atoms with van der Waals surface area (Å²) in [4.78, 5) is 25.9. The van der Waals surface area contributed by atoms with Crippen LogP contribution in [0.2, 0.25) is 5.02 Å². The Bertz CT molecular complexity index is 604. The van der Waals surface area contributed by atoms with Crippen LogP contribution in [0.4, 0.5) is 4.39 Å². The number of nitrogens with one attached hydrogen (secondary N) is 1. The maximum atomic E-state index is 13.1. The van der Waals surface area contributed by atoms with Crippen LogP contribution in [0.1, 0.15) is 24.8 Å². The van der Waals surface area contributed by atoms with Crippen molar-refractivity contribution in [3.8, 4) is 0 Å². The highest BCUT2D eigenvalue weighted by Gasteiger charge is 2.36. The number of hydrogen-bond donors (Lipinski definition) is 1. The van der Waals surface area contributed by atoms with Crippen LogP contribution in [0.15, 0.2) is 18.2 Å². The van der Waals surface area contributed by atoms with Crippen molar-refractivity contribution in [2.24, 2.45) is 11.8 Å². The third-order valence-electron chi connectivity index (χ3n) is 4.21. The molecule has 0 unspecified atom stereocenters. The molecule has 3 rings (SSSR count). The summed E-state index contributed by atoms with van der Waals surface area (Å²) in [7, 11) is 0. The number of hydrogen-bond acceptors (Lipinski definition) is 2. The van der Waals surface area contributed by atoms with Gasteiger partial charge in [-0.05, 0) is 36.5 Å². The van der Waals surface area contributed by atoms with Gasteiger partial charge in [0.2, 0.25) is 11.8 Å². The van der Waals surface area contributed by atoms with Crippen molar-refractivity contribution in [1.29, 1.82) is 0 Å². The predicted molar refractivity (Wildman–Crippen MR) is 80.7 cm³/mol. The minimum absolute atomic E-state index is 0.0402. The first-order chi connectivity index (χ1) is 10.5. The number of nitrogens with zero attached hydrogens (tertiary/aromatic N) is 1. The fourth-order valence-electron chi connectivity index (χ4n) is 2.72. The average Bonchev–Trinajstić information content (AvgIpc) is 3.23. The first-order valence-electron chi connectivity index (χ1n) is 7.52. The van der Waals surface area contributed by atoms with Gasteiger partial charge in [0.1, 0.15) is 5.82 Å². The predicted octanol–water partition coefficient (Wildman–Crippen LogP) is 2.35. The van der Waals surface area contributed by atoms with Gasteiger partial charge in [0, 0.05) is 26.1 Å². The molecular weight excluding hydrogens is 307 g/mol. The van der Waals surface area contributed by atoms with Crippen molar-refractivity contribution in [1.82, 2.24) is 10.2 Å². The summed E-state index contributed by atoms with van der Waals surface area (Å²) < 4.78 is 13.1. The summed E-state index contributed by atoms with van der Waals surface area (Å²) in [5.74, 6) is -0.202. The number of rotatable bonds is 5. The van der Waals surface area contributed by atoms with E-state index >= 15 is 0 Å². The monoisotopic (exact) mass is 324 g/mol. The second-order valence-corrected chi connectivity index (χ2v) is 6.52. The molecule has 2 amide bonds. The second-order valence-electron chi connectivity index (χ2n) is 6.11. The van der Waals surface area contributed by atoms with E-state index in [1.165, 1.54) is 25.0 Å². The Morgan fingerprint density at radius 1 is 1.41 bits per heavy atom. The van der Waals surface area contributed by atoms with Crippen molar-refractivity contribution in [2.75, 3.05) is 13.1 Å². The van der Waals surface area contributed by atoms with Crippen molar-refractivity contribution < 1.29 is 14.0 Å². The van der Waals surface area contributed by atoms with E-state index in [9.17, 15) is 14.0 Å². The molecule has 118 valence electrons. The molecule has 4 nitrogen and oxygen atoms in total. The number of likely N-dealkylation sites (tertiary alicyclic amines) is 1. The number of benzene rings is 1. The van der Waals surface area contributed by atoms with Gasteiger partial charge in [-0.25, -0.2) is 4.39 Å². The zero-order valence-corrected chi connectivity index (χ0v) is 12.9. The van der Waals surface area contributed by atoms with Gasteiger partial charge < -0.3 is 10.2 Å². The number of amides is 2. The molecule has 2 aliphatic rings. The van der Waals surface area contributed by atoms with Crippen molar-refractivity contribution in [3.63, 3.8) is 0 Å². The molecule has 1 saturated carbocycles. The fraction of sp³-hybridized carbons (Fsp3) is 0.500. The summed E-state index contributed by atoms with van der Waals surface area (Å²) in [6.45, 7) is 1.58. The van der Waals surface area contributed by atoms with E-state index in [-0.39, 0.29) is 35.7 Å². The average molecular weight is 325 g/mol. The first-order valence-corrected chi connectivity index (χ1v) is 7.90. The van der Waals surface area contributed by atoms with Crippen LogP contribution in [0, 0.1) is 17.7 Å². The number of carbonyl (C=O) groups is 2. The molecule has 1 saturated heterocycles. The van der Waals surface area contributed by atoms with Crippen LogP contribution in [0.5, 0.6) is 0 Å². The molecule has 0 bridgehead atoms.